The van der Waals surface area contributed by atoms with Gasteiger partial charge < -0.3 is 4.98 Å². The molecule has 0 radical (unpaired) electrons. The Kier molecular flexibility index (Phi) is 5.87. The number of para-hydroxylation sites is 1. The standard InChI is InChI=1S/C20H20Cl2N4O3S/c1-13(19-23-18-5-3-2-4-15(18)20(27)24-19)25-8-10-26(11-9-25)30(28,29)14-6-7-16(21)17(22)12-14/h2-7,12-13H,8-11H2,1H3,(H,23,24,27)/t13-/m0/s1. The van der Waals surface area contributed by atoms with Crippen LogP contribution in [-0.2, 0) is 10.0 Å². The van der Waals surface area contributed by atoms with Gasteiger partial charge in [0.2, 0.25) is 10.0 Å². The lowest BCUT2D eigenvalue weighted by Gasteiger charge is -2.37. The fourth-order valence-corrected chi connectivity index (χ4v) is 5.40. The highest BCUT2D eigenvalue weighted by Crippen LogP contribution is 2.28. The van der Waals surface area contributed by atoms with Crippen LogP contribution in [0, 0.1) is 0 Å². The molecule has 1 aliphatic rings. The molecule has 3 aromatic rings. The summed E-state index contributed by atoms with van der Waals surface area (Å²) in [4.78, 5) is 22.0. The molecule has 0 bridgehead atoms. The van der Waals surface area contributed by atoms with E-state index in [1.54, 1.807) is 12.1 Å². The van der Waals surface area contributed by atoms with Crippen LogP contribution in [0.4, 0.5) is 0 Å². The molecule has 0 unspecified atom stereocenters. The first kappa shape index (κ1) is 21.3. The van der Waals surface area contributed by atoms with Crippen molar-refractivity contribution < 1.29 is 8.42 Å². The van der Waals surface area contributed by atoms with Gasteiger partial charge in [0.15, 0.2) is 0 Å². The minimum absolute atomic E-state index is 0.124. The van der Waals surface area contributed by atoms with Gasteiger partial charge in [-0.1, -0.05) is 35.3 Å². The molecule has 2 aromatic carbocycles. The number of H-pyrrole nitrogens is 1. The van der Waals surface area contributed by atoms with Gasteiger partial charge >= 0.3 is 0 Å². The predicted molar refractivity (Wildman–Crippen MR) is 118 cm³/mol. The van der Waals surface area contributed by atoms with E-state index in [4.69, 9.17) is 23.2 Å². The van der Waals surface area contributed by atoms with Crippen LogP contribution < -0.4 is 5.56 Å². The molecule has 1 N–H and O–H groups in total. The number of hydrogen-bond donors (Lipinski definition) is 1. The Hall–Kier alpha value is -1.97. The second-order valence-corrected chi connectivity index (χ2v) is 9.91. The summed E-state index contributed by atoms with van der Waals surface area (Å²) in [6, 6.07) is 11.4. The summed E-state index contributed by atoms with van der Waals surface area (Å²) in [5.74, 6) is 0.569. The Morgan fingerprint density at radius 1 is 1.03 bits per heavy atom. The molecule has 1 aromatic heterocycles. The molecule has 1 atom stereocenters. The van der Waals surface area contributed by atoms with Crippen molar-refractivity contribution in [2.75, 3.05) is 26.2 Å². The number of aromatic nitrogens is 2. The van der Waals surface area contributed by atoms with Gasteiger partial charge in [0.05, 0.1) is 31.9 Å². The highest BCUT2D eigenvalue weighted by Gasteiger charge is 2.31. The zero-order valence-electron chi connectivity index (χ0n) is 16.2. The quantitative estimate of drug-likeness (QED) is 0.637. The maximum Gasteiger partial charge on any atom is 0.258 e. The van der Waals surface area contributed by atoms with Crippen molar-refractivity contribution in [3.05, 3.63) is 68.7 Å². The summed E-state index contributed by atoms with van der Waals surface area (Å²) in [6.45, 7) is 3.63. The molecular formula is C20H20Cl2N4O3S. The molecule has 30 heavy (non-hydrogen) atoms. The Morgan fingerprint density at radius 2 is 1.73 bits per heavy atom. The third-order valence-electron chi connectivity index (χ3n) is 5.38. The molecule has 0 aliphatic carbocycles. The van der Waals surface area contributed by atoms with Crippen LogP contribution >= 0.6 is 23.2 Å². The van der Waals surface area contributed by atoms with E-state index in [1.165, 1.54) is 22.5 Å². The first-order valence-corrected chi connectivity index (χ1v) is 11.6. The van der Waals surface area contributed by atoms with Crippen LogP contribution in [0.25, 0.3) is 10.9 Å². The summed E-state index contributed by atoms with van der Waals surface area (Å²) >= 11 is 11.9. The van der Waals surface area contributed by atoms with Gasteiger partial charge in [-0.3, -0.25) is 9.69 Å². The number of piperazine rings is 1. The second-order valence-electron chi connectivity index (χ2n) is 7.16. The fourth-order valence-electron chi connectivity index (χ4n) is 3.59. The third kappa shape index (κ3) is 3.98. The van der Waals surface area contributed by atoms with Crippen molar-refractivity contribution in [1.29, 1.82) is 0 Å². The zero-order chi connectivity index (χ0) is 21.5. The molecule has 4 rings (SSSR count). The van der Waals surface area contributed by atoms with E-state index < -0.39 is 10.0 Å². The molecule has 1 aliphatic heterocycles. The number of sulfonamides is 1. The van der Waals surface area contributed by atoms with Crippen molar-refractivity contribution in [2.24, 2.45) is 0 Å². The van der Waals surface area contributed by atoms with E-state index >= 15 is 0 Å². The summed E-state index contributed by atoms with van der Waals surface area (Å²) in [5.41, 5.74) is 0.465. The summed E-state index contributed by atoms with van der Waals surface area (Å²) < 4.78 is 27.3. The summed E-state index contributed by atoms with van der Waals surface area (Å²) in [5, 5.41) is 1.06. The van der Waals surface area contributed by atoms with Gasteiger partial charge in [-0.25, -0.2) is 13.4 Å². The van der Waals surface area contributed by atoms with Gasteiger partial charge in [-0.05, 0) is 37.3 Å². The molecule has 1 saturated heterocycles. The Balaban J connectivity index is 1.50. The highest BCUT2D eigenvalue weighted by atomic mass is 35.5. The minimum atomic E-state index is -3.66. The van der Waals surface area contributed by atoms with Crippen molar-refractivity contribution in [3.8, 4) is 0 Å². The Labute approximate surface area is 184 Å². The predicted octanol–water partition coefficient (Wildman–Crippen LogP) is 3.30. The first-order chi connectivity index (χ1) is 14.3. The molecule has 0 amide bonds. The van der Waals surface area contributed by atoms with Crippen LogP contribution in [0.15, 0.2) is 52.2 Å². The minimum Gasteiger partial charge on any atom is -0.309 e. The summed E-state index contributed by atoms with van der Waals surface area (Å²) in [7, 11) is -3.66. The number of nitrogens with one attached hydrogen (secondary N) is 1. The van der Waals surface area contributed by atoms with Gasteiger partial charge in [-0.15, -0.1) is 0 Å². The van der Waals surface area contributed by atoms with E-state index in [0.717, 1.165) is 0 Å². The van der Waals surface area contributed by atoms with Gasteiger partial charge in [0.1, 0.15) is 5.82 Å². The Morgan fingerprint density at radius 3 is 2.43 bits per heavy atom. The third-order valence-corrected chi connectivity index (χ3v) is 8.01. The van der Waals surface area contributed by atoms with E-state index in [9.17, 15) is 13.2 Å². The number of aromatic amines is 1. The normalized spacial score (nSPS) is 17.3. The van der Waals surface area contributed by atoms with Gasteiger partial charge in [0.25, 0.3) is 5.56 Å². The van der Waals surface area contributed by atoms with E-state index in [0.29, 0.717) is 47.9 Å². The fraction of sp³-hybridized carbons (Fsp3) is 0.300. The smallest absolute Gasteiger partial charge is 0.258 e. The molecule has 7 nitrogen and oxygen atoms in total. The second kappa shape index (κ2) is 8.28. The zero-order valence-corrected chi connectivity index (χ0v) is 18.5. The van der Waals surface area contributed by atoms with Gasteiger partial charge in [-0.2, -0.15) is 4.31 Å². The molecule has 1 fully saturated rings. The van der Waals surface area contributed by atoms with Gasteiger partial charge in [0, 0.05) is 26.2 Å². The van der Waals surface area contributed by atoms with Crippen LogP contribution in [0.2, 0.25) is 10.0 Å². The van der Waals surface area contributed by atoms with Crippen molar-refractivity contribution in [2.45, 2.75) is 17.9 Å². The lowest BCUT2D eigenvalue weighted by molar-refractivity contribution is 0.141. The van der Waals surface area contributed by atoms with Crippen LogP contribution in [0.3, 0.4) is 0 Å². The lowest BCUT2D eigenvalue weighted by atomic mass is 10.2. The van der Waals surface area contributed by atoms with Crippen molar-refractivity contribution in [3.63, 3.8) is 0 Å². The van der Waals surface area contributed by atoms with Crippen LogP contribution in [0.5, 0.6) is 0 Å². The number of nitrogens with zero attached hydrogens (tertiary/aromatic N) is 3. The molecule has 0 saturated carbocycles. The van der Waals surface area contributed by atoms with Crippen LogP contribution in [-0.4, -0.2) is 53.8 Å². The average Bonchev–Trinajstić information content (AvgIpc) is 2.75. The average molecular weight is 467 g/mol. The van der Waals surface area contributed by atoms with Crippen molar-refractivity contribution in [1.82, 2.24) is 19.2 Å². The number of benzene rings is 2. The number of hydrogen-bond acceptors (Lipinski definition) is 5. The van der Waals surface area contributed by atoms with E-state index in [2.05, 4.69) is 14.9 Å². The summed E-state index contributed by atoms with van der Waals surface area (Å²) in [6.07, 6.45) is 0. The topological polar surface area (TPSA) is 86.4 Å². The van der Waals surface area contributed by atoms with E-state index in [-0.39, 0.29) is 21.5 Å². The number of fused-ring (bicyclic) bond motifs is 1. The maximum absolute atomic E-state index is 12.9. The number of halogens is 2. The molecular weight excluding hydrogens is 447 g/mol. The maximum atomic E-state index is 12.9. The lowest BCUT2D eigenvalue weighted by Crippen LogP contribution is -2.49. The SMILES string of the molecule is C[C@@H](c1nc2ccccc2c(=O)[nH]1)N1CCN(S(=O)(=O)c2ccc(Cl)c(Cl)c2)CC1. The van der Waals surface area contributed by atoms with Crippen molar-refractivity contribution >= 4 is 44.1 Å². The first-order valence-electron chi connectivity index (χ1n) is 9.45. The molecule has 10 heteroatoms. The molecule has 0 spiro atoms. The molecule has 158 valence electrons. The highest BCUT2D eigenvalue weighted by molar-refractivity contribution is 7.89. The monoisotopic (exact) mass is 466 g/mol. The van der Waals surface area contributed by atoms with Crippen LogP contribution in [0.1, 0.15) is 18.8 Å². The van der Waals surface area contributed by atoms with E-state index in [1.807, 2.05) is 19.1 Å². The molecule has 2 heterocycles. The Bertz CT molecular complexity index is 1250. The number of rotatable bonds is 4. The largest absolute Gasteiger partial charge is 0.309 e.